The van der Waals surface area contributed by atoms with E-state index < -0.39 is 29.3 Å². The average molecular weight is 621 g/mol. The second-order valence-corrected chi connectivity index (χ2v) is 12.3. The largest absolute Gasteiger partial charge is 0.458 e. The Bertz CT molecular complexity index is 1810. The van der Waals surface area contributed by atoms with Gasteiger partial charge in [0.05, 0.1) is 29.0 Å². The van der Waals surface area contributed by atoms with Gasteiger partial charge in [0.1, 0.15) is 12.4 Å². The highest BCUT2D eigenvalue weighted by atomic mass is 19.3. The van der Waals surface area contributed by atoms with E-state index in [2.05, 4.69) is 4.90 Å². The molecule has 7 rings (SSSR count). The third kappa shape index (κ3) is 5.00. The first-order valence-electron chi connectivity index (χ1n) is 15.5. The van der Waals surface area contributed by atoms with E-state index in [1.807, 2.05) is 0 Å². The van der Waals surface area contributed by atoms with Crippen LogP contribution in [-0.4, -0.2) is 68.7 Å². The lowest BCUT2D eigenvalue weighted by Gasteiger charge is -2.39. The van der Waals surface area contributed by atoms with Crippen LogP contribution in [-0.2, 0) is 28.3 Å². The van der Waals surface area contributed by atoms with Crippen molar-refractivity contribution in [2.75, 3.05) is 26.2 Å². The van der Waals surface area contributed by atoms with E-state index in [0.29, 0.717) is 53.1 Å². The van der Waals surface area contributed by atoms with Crippen molar-refractivity contribution in [2.45, 2.75) is 70.2 Å². The number of likely N-dealkylation sites (tertiary alicyclic amines) is 2. The number of benzene rings is 1. The molecule has 10 nitrogen and oxygen atoms in total. The Balaban J connectivity index is 1.20. The van der Waals surface area contributed by atoms with Gasteiger partial charge in [-0.1, -0.05) is 13.3 Å². The highest BCUT2D eigenvalue weighted by molar-refractivity contribution is 5.94. The summed E-state index contributed by atoms with van der Waals surface area (Å²) in [6.07, 6.45) is 3.48. The number of fused-ring (bicyclic) bond motifs is 5. The molecule has 0 radical (unpaired) electrons. The maximum absolute atomic E-state index is 13.8. The van der Waals surface area contributed by atoms with Crippen molar-refractivity contribution in [1.82, 2.24) is 19.4 Å². The zero-order chi connectivity index (χ0) is 31.5. The smallest absolute Gasteiger partial charge is 0.415 e. The van der Waals surface area contributed by atoms with E-state index in [1.165, 1.54) is 29.9 Å². The van der Waals surface area contributed by atoms with Crippen molar-refractivity contribution in [3.63, 3.8) is 0 Å². The molecule has 2 aromatic heterocycles. The quantitative estimate of drug-likeness (QED) is 0.325. The molecule has 0 saturated carbocycles. The third-order valence-electron chi connectivity index (χ3n) is 9.77. The van der Waals surface area contributed by atoms with Crippen LogP contribution in [0.3, 0.4) is 0 Å². The van der Waals surface area contributed by atoms with Crippen LogP contribution in [0.2, 0.25) is 0 Å². The van der Waals surface area contributed by atoms with Gasteiger partial charge in [-0.05, 0) is 69.5 Å². The molecule has 1 aromatic carbocycles. The van der Waals surface area contributed by atoms with Gasteiger partial charge >= 0.3 is 12.1 Å². The Labute approximate surface area is 257 Å². The SMILES string of the molecule is CC[C@@]1(O)C(=O)OCc2c1cc1n(c2=O)Cc2cc3c(C=C(F)F)c(OC(=O)N4CCC(N5CCCCC5)CC4)ccc3nc2-1. The Morgan fingerprint density at radius 3 is 2.60 bits per heavy atom. The first-order valence-corrected chi connectivity index (χ1v) is 15.5. The van der Waals surface area contributed by atoms with Gasteiger partial charge in [-0.15, -0.1) is 0 Å². The van der Waals surface area contributed by atoms with E-state index in [9.17, 15) is 28.3 Å². The molecule has 0 spiro atoms. The Hall–Kier alpha value is -4.16. The van der Waals surface area contributed by atoms with Crippen LogP contribution in [0.5, 0.6) is 5.75 Å². The fraction of sp³-hybridized carbons (Fsp3) is 0.455. The molecular weight excluding hydrogens is 586 g/mol. The molecule has 236 valence electrons. The van der Waals surface area contributed by atoms with Crippen molar-refractivity contribution in [3.8, 4) is 17.1 Å². The van der Waals surface area contributed by atoms with Crippen LogP contribution in [0, 0.1) is 0 Å². The van der Waals surface area contributed by atoms with Crippen LogP contribution in [0.1, 0.15) is 67.7 Å². The average Bonchev–Trinajstić information content (AvgIpc) is 3.41. The van der Waals surface area contributed by atoms with Crippen LogP contribution < -0.4 is 10.3 Å². The van der Waals surface area contributed by atoms with Gasteiger partial charge in [-0.2, -0.15) is 8.78 Å². The number of aromatic nitrogens is 2. The molecule has 0 unspecified atom stereocenters. The number of hydrogen-bond acceptors (Lipinski definition) is 8. The second-order valence-electron chi connectivity index (χ2n) is 12.3. The van der Waals surface area contributed by atoms with Crippen LogP contribution in [0.4, 0.5) is 13.6 Å². The number of halogens is 2. The highest BCUT2D eigenvalue weighted by Gasteiger charge is 2.45. The van der Waals surface area contributed by atoms with E-state index in [0.717, 1.165) is 25.9 Å². The number of carbonyl (C=O) groups excluding carboxylic acids is 2. The zero-order valence-electron chi connectivity index (χ0n) is 25.0. The fourth-order valence-electron chi connectivity index (χ4n) is 7.26. The zero-order valence-corrected chi connectivity index (χ0v) is 25.0. The van der Waals surface area contributed by atoms with Crippen molar-refractivity contribution in [1.29, 1.82) is 0 Å². The number of rotatable bonds is 4. The van der Waals surface area contributed by atoms with Gasteiger partial charge in [0.15, 0.2) is 5.60 Å². The third-order valence-corrected chi connectivity index (χ3v) is 9.77. The Morgan fingerprint density at radius 1 is 1.13 bits per heavy atom. The molecule has 2 saturated heterocycles. The second kappa shape index (κ2) is 11.3. The number of nitrogens with zero attached hydrogens (tertiary/aromatic N) is 4. The molecule has 1 amide bonds. The van der Waals surface area contributed by atoms with Crippen molar-refractivity contribution < 1.29 is 33.0 Å². The van der Waals surface area contributed by atoms with Crippen molar-refractivity contribution in [2.24, 2.45) is 0 Å². The van der Waals surface area contributed by atoms with E-state index in [1.54, 1.807) is 30.0 Å². The molecule has 4 aliphatic rings. The number of amides is 1. The maximum Gasteiger partial charge on any atom is 0.415 e. The molecule has 2 fully saturated rings. The fourth-order valence-corrected chi connectivity index (χ4v) is 7.26. The molecule has 0 bridgehead atoms. The van der Waals surface area contributed by atoms with E-state index >= 15 is 0 Å². The van der Waals surface area contributed by atoms with Gasteiger partial charge in [-0.3, -0.25) is 4.79 Å². The number of pyridine rings is 2. The number of hydrogen-bond donors (Lipinski definition) is 1. The van der Waals surface area contributed by atoms with E-state index in [-0.39, 0.29) is 42.0 Å². The predicted octanol–water partition coefficient (Wildman–Crippen LogP) is 4.77. The minimum Gasteiger partial charge on any atom is -0.458 e. The summed E-state index contributed by atoms with van der Waals surface area (Å²) in [6, 6.07) is 6.75. The lowest BCUT2D eigenvalue weighted by Crippen LogP contribution is -2.48. The summed E-state index contributed by atoms with van der Waals surface area (Å²) in [4.78, 5) is 48.0. The molecule has 6 heterocycles. The lowest BCUT2D eigenvalue weighted by atomic mass is 9.86. The predicted molar refractivity (Wildman–Crippen MR) is 161 cm³/mol. The molecule has 45 heavy (non-hydrogen) atoms. The van der Waals surface area contributed by atoms with Crippen molar-refractivity contribution in [3.05, 3.63) is 63.0 Å². The number of piperidine rings is 2. The van der Waals surface area contributed by atoms with Gasteiger partial charge in [0.25, 0.3) is 11.6 Å². The summed E-state index contributed by atoms with van der Waals surface area (Å²) in [5, 5.41) is 11.4. The molecule has 3 aromatic rings. The highest BCUT2D eigenvalue weighted by Crippen LogP contribution is 2.40. The summed E-state index contributed by atoms with van der Waals surface area (Å²) in [7, 11) is 0. The van der Waals surface area contributed by atoms with Crippen LogP contribution in [0.15, 0.2) is 35.1 Å². The first kappa shape index (κ1) is 29.5. The number of esters is 1. The molecule has 1 N–H and O–H groups in total. The van der Waals surface area contributed by atoms with Gasteiger partial charge in [-0.25, -0.2) is 14.6 Å². The standard InChI is InChI=1S/C33H34F2N4O6/c1-2-33(43)24-16-26-29-19(17-39(26)30(40)23(24)18-44-31(33)41)14-21-22(15-28(34)35)27(7-6-25(21)36-29)45-32(42)38-12-8-20(9-13-38)37-10-4-3-5-11-37/h6-7,14-16,20,43H,2-5,8-13,17-18H2,1H3/t33-/m0/s1. The van der Waals surface area contributed by atoms with E-state index in [4.69, 9.17) is 14.5 Å². The molecule has 12 heteroatoms. The van der Waals surface area contributed by atoms with Gasteiger partial charge < -0.3 is 28.9 Å². The summed E-state index contributed by atoms with van der Waals surface area (Å²) >= 11 is 0. The van der Waals surface area contributed by atoms with Crippen molar-refractivity contribution >= 4 is 29.0 Å². The van der Waals surface area contributed by atoms with Gasteiger partial charge in [0.2, 0.25) is 0 Å². The summed E-state index contributed by atoms with van der Waals surface area (Å²) in [5.41, 5.74) is -0.182. The topological polar surface area (TPSA) is 114 Å². The minimum atomic E-state index is -1.96. The van der Waals surface area contributed by atoms with Crippen LogP contribution in [0.25, 0.3) is 28.4 Å². The number of cyclic esters (lactones) is 1. The monoisotopic (exact) mass is 620 g/mol. The normalized spacial score (nSPS) is 21.6. The van der Waals surface area contributed by atoms with Gasteiger partial charge in [0, 0.05) is 47.3 Å². The molecular formula is C33H34F2N4O6. The Kier molecular flexibility index (Phi) is 7.44. The molecule has 4 aliphatic heterocycles. The number of carbonyl (C=O) groups is 2. The summed E-state index contributed by atoms with van der Waals surface area (Å²) in [6.45, 7) is 4.73. The van der Waals surface area contributed by atoms with Crippen LogP contribution >= 0.6 is 0 Å². The summed E-state index contributed by atoms with van der Waals surface area (Å²) in [5.74, 6) is -0.823. The lowest BCUT2D eigenvalue weighted by molar-refractivity contribution is -0.172. The molecule has 1 atom stereocenters. The Morgan fingerprint density at radius 2 is 1.89 bits per heavy atom. The first-order chi connectivity index (χ1) is 21.7. The maximum atomic E-state index is 13.8. The molecule has 0 aliphatic carbocycles. The minimum absolute atomic E-state index is 0.00739. The number of aliphatic hydroxyl groups is 1. The number of ether oxygens (including phenoxy) is 2. The summed E-state index contributed by atoms with van der Waals surface area (Å²) < 4.78 is 39.9.